The number of anilines is 1. The van der Waals surface area contributed by atoms with Crippen molar-refractivity contribution in [2.24, 2.45) is 5.92 Å². The van der Waals surface area contributed by atoms with E-state index in [0.29, 0.717) is 30.6 Å². The molecule has 1 fully saturated rings. The van der Waals surface area contributed by atoms with Gasteiger partial charge in [0.25, 0.3) is 0 Å². The third-order valence-corrected chi connectivity index (χ3v) is 4.62. The fraction of sp³-hybridized carbons (Fsp3) is 0.500. The maximum atomic E-state index is 12.8. The SMILES string of the molecule is CCOc1ncc(C)cc1NC(=O)N1CCC(C)C(n2ccnc2)C1. The predicted molar refractivity (Wildman–Crippen MR) is 95.8 cm³/mol. The number of aromatic nitrogens is 3. The number of urea groups is 1. The van der Waals surface area contributed by atoms with Crippen LogP contribution in [0, 0.1) is 12.8 Å². The van der Waals surface area contributed by atoms with Gasteiger partial charge in [-0.2, -0.15) is 0 Å². The first-order valence-electron chi connectivity index (χ1n) is 8.71. The summed E-state index contributed by atoms with van der Waals surface area (Å²) in [5.74, 6) is 0.954. The molecule has 2 amide bonds. The minimum absolute atomic E-state index is 0.120. The van der Waals surface area contributed by atoms with Crippen LogP contribution in [0.3, 0.4) is 0 Å². The predicted octanol–water partition coefficient (Wildman–Crippen LogP) is 3.10. The number of likely N-dealkylation sites (tertiary alicyclic amines) is 1. The fourth-order valence-electron chi connectivity index (χ4n) is 3.18. The summed E-state index contributed by atoms with van der Waals surface area (Å²) in [4.78, 5) is 23.0. The van der Waals surface area contributed by atoms with Crippen molar-refractivity contribution in [2.45, 2.75) is 33.2 Å². The van der Waals surface area contributed by atoms with Crippen molar-refractivity contribution in [3.63, 3.8) is 0 Å². The van der Waals surface area contributed by atoms with Crippen LogP contribution in [0.25, 0.3) is 0 Å². The zero-order valence-electron chi connectivity index (χ0n) is 15.0. The third-order valence-electron chi connectivity index (χ3n) is 4.62. The topological polar surface area (TPSA) is 72.3 Å². The monoisotopic (exact) mass is 343 g/mol. The Morgan fingerprint density at radius 3 is 3.04 bits per heavy atom. The molecule has 2 unspecified atom stereocenters. The number of imidazole rings is 1. The first-order valence-corrected chi connectivity index (χ1v) is 8.71. The second-order valence-corrected chi connectivity index (χ2v) is 6.52. The van der Waals surface area contributed by atoms with Crippen LogP contribution in [0.4, 0.5) is 10.5 Å². The minimum atomic E-state index is -0.120. The summed E-state index contributed by atoms with van der Waals surface area (Å²) in [7, 11) is 0. The maximum absolute atomic E-state index is 12.8. The number of ether oxygens (including phenoxy) is 1. The number of hydrogen-bond donors (Lipinski definition) is 1. The summed E-state index contributed by atoms with van der Waals surface area (Å²) < 4.78 is 7.61. The highest BCUT2D eigenvalue weighted by Crippen LogP contribution is 2.29. The number of pyridine rings is 1. The van der Waals surface area contributed by atoms with Gasteiger partial charge in [-0.3, -0.25) is 0 Å². The number of nitrogens with zero attached hydrogens (tertiary/aromatic N) is 4. The van der Waals surface area contributed by atoms with Crippen LogP contribution < -0.4 is 10.1 Å². The molecule has 2 aromatic rings. The maximum Gasteiger partial charge on any atom is 0.322 e. The van der Waals surface area contributed by atoms with Gasteiger partial charge in [0.15, 0.2) is 0 Å². The number of rotatable bonds is 4. The molecule has 0 spiro atoms. The summed E-state index contributed by atoms with van der Waals surface area (Å²) in [5, 5.41) is 2.96. The molecule has 0 radical (unpaired) electrons. The van der Waals surface area contributed by atoms with Crippen LogP contribution in [0.15, 0.2) is 31.0 Å². The van der Waals surface area contributed by atoms with E-state index in [1.807, 2.05) is 37.3 Å². The average molecular weight is 343 g/mol. The average Bonchev–Trinajstić information content (AvgIpc) is 3.12. The van der Waals surface area contributed by atoms with Crippen LogP contribution >= 0.6 is 0 Å². The van der Waals surface area contributed by atoms with Gasteiger partial charge < -0.3 is 19.5 Å². The number of hydrogen-bond acceptors (Lipinski definition) is 4. The van der Waals surface area contributed by atoms with Crippen molar-refractivity contribution >= 4 is 11.7 Å². The van der Waals surface area contributed by atoms with E-state index in [4.69, 9.17) is 4.74 Å². The highest BCUT2D eigenvalue weighted by molar-refractivity contribution is 5.90. The molecule has 3 rings (SSSR count). The van der Waals surface area contributed by atoms with E-state index < -0.39 is 0 Å². The van der Waals surface area contributed by atoms with Crippen molar-refractivity contribution in [1.82, 2.24) is 19.4 Å². The van der Waals surface area contributed by atoms with E-state index in [9.17, 15) is 4.79 Å². The van der Waals surface area contributed by atoms with E-state index >= 15 is 0 Å². The Labute approximate surface area is 148 Å². The Hall–Kier alpha value is -2.57. The number of nitrogens with one attached hydrogen (secondary N) is 1. The Kier molecular flexibility index (Phi) is 5.21. The van der Waals surface area contributed by atoms with Gasteiger partial charge >= 0.3 is 6.03 Å². The zero-order valence-corrected chi connectivity index (χ0v) is 15.0. The highest BCUT2D eigenvalue weighted by Gasteiger charge is 2.30. The first kappa shape index (κ1) is 17.3. The molecule has 7 heteroatoms. The molecule has 7 nitrogen and oxygen atoms in total. The molecular formula is C18H25N5O2. The second kappa shape index (κ2) is 7.55. The van der Waals surface area contributed by atoms with E-state index in [-0.39, 0.29) is 12.1 Å². The van der Waals surface area contributed by atoms with E-state index in [0.717, 1.165) is 18.5 Å². The molecular weight excluding hydrogens is 318 g/mol. The lowest BCUT2D eigenvalue weighted by Crippen LogP contribution is -2.45. The molecule has 0 saturated carbocycles. The van der Waals surface area contributed by atoms with Gasteiger partial charge in [-0.05, 0) is 37.8 Å². The Morgan fingerprint density at radius 2 is 2.32 bits per heavy atom. The van der Waals surface area contributed by atoms with E-state index in [1.54, 1.807) is 12.4 Å². The molecule has 1 aliphatic rings. The van der Waals surface area contributed by atoms with Crippen molar-refractivity contribution in [3.05, 3.63) is 36.5 Å². The van der Waals surface area contributed by atoms with Gasteiger partial charge in [0.1, 0.15) is 5.69 Å². The van der Waals surface area contributed by atoms with Crippen LogP contribution in [0.2, 0.25) is 0 Å². The fourth-order valence-corrected chi connectivity index (χ4v) is 3.18. The number of carbonyl (C=O) groups excluding carboxylic acids is 1. The van der Waals surface area contributed by atoms with Crippen molar-refractivity contribution in [1.29, 1.82) is 0 Å². The number of piperidine rings is 1. The third kappa shape index (κ3) is 3.92. The quantitative estimate of drug-likeness (QED) is 0.926. The normalized spacial score (nSPS) is 20.4. The second-order valence-electron chi connectivity index (χ2n) is 6.52. The lowest BCUT2D eigenvalue weighted by atomic mass is 9.93. The largest absolute Gasteiger partial charge is 0.476 e. The molecule has 1 saturated heterocycles. The Balaban J connectivity index is 1.72. The van der Waals surface area contributed by atoms with Crippen molar-refractivity contribution in [3.8, 4) is 5.88 Å². The van der Waals surface area contributed by atoms with E-state index in [2.05, 4.69) is 26.8 Å². The molecule has 0 bridgehead atoms. The summed E-state index contributed by atoms with van der Waals surface area (Å²) in [6, 6.07) is 2.00. The van der Waals surface area contributed by atoms with Crippen molar-refractivity contribution in [2.75, 3.05) is 25.0 Å². The molecule has 2 aromatic heterocycles. The Morgan fingerprint density at radius 1 is 1.48 bits per heavy atom. The molecule has 0 aliphatic carbocycles. The summed E-state index contributed by atoms with van der Waals surface area (Å²) >= 11 is 0. The van der Waals surface area contributed by atoms with Crippen LogP contribution in [0.5, 0.6) is 5.88 Å². The lowest BCUT2D eigenvalue weighted by Gasteiger charge is -2.37. The Bertz CT molecular complexity index is 716. The summed E-state index contributed by atoms with van der Waals surface area (Å²) in [6.07, 6.45) is 8.25. The molecule has 3 heterocycles. The van der Waals surface area contributed by atoms with Crippen molar-refractivity contribution < 1.29 is 9.53 Å². The lowest BCUT2D eigenvalue weighted by molar-refractivity contribution is 0.149. The number of aryl methyl sites for hydroxylation is 1. The molecule has 0 aromatic carbocycles. The van der Waals surface area contributed by atoms with Crippen LogP contribution in [-0.4, -0.2) is 45.2 Å². The standard InChI is InChI=1S/C18H25N5O2/c1-4-25-17-15(9-13(2)10-20-17)21-18(24)22-7-5-14(3)16(11-22)23-8-6-19-12-23/h6,8-10,12,14,16H,4-5,7,11H2,1-3H3,(H,21,24). The van der Waals surface area contributed by atoms with Crippen LogP contribution in [-0.2, 0) is 0 Å². The molecule has 2 atom stereocenters. The highest BCUT2D eigenvalue weighted by atomic mass is 16.5. The zero-order chi connectivity index (χ0) is 17.8. The summed E-state index contributed by atoms with van der Waals surface area (Å²) in [6.45, 7) is 7.96. The minimum Gasteiger partial charge on any atom is -0.476 e. The molecule has 134 valence electrons. The van der Waals surface area contributed by atoms with Gasteiger partial charge in [-0.1, -0.05) is 6.92 Å². The molecule has 1 aliphatic heterocycles. The number of carbonyl (C=O) groups is 1. The molecule has 1 N–H and O–H groups in total. The first-order chi connectivity index (χ1) is 12.1. The number of amides is 2. The van der Waals surface area contributed by atoms with E-state index in [1.165, 1.54) is 0 Å². The van der Waals surface area contributed by atoms with Gasteiger partial charge in [-0.15, -0.1) is 0 Å². The molecule has 25 heavy (non-hydrogen) atoms. The van der Waals surface area contributed by atoms with Gasteiger partial charge in [0, 0.05) is 31.7 Å². The smallest absolute Gasteiger partial charge is 0.322 e. The van der Waals surface area contributed by atoms with Gasteiger partial charge in [0.2, 0.25) is 5.88 Å². The van der Waals surface area contributed by atoms with Gasteiger partial charge in [0.05, 0.1) is 19.0 Å². The summed E-state index contributed by atoms with van der Waals surface area (Å²) in [5.41, 5.74) is 1.59. The van der Waals surface area contributed by atoms with Crippen LogP contribution in [0.1, 0.15) is 31.9 Å². The van der Waals surface area contributed by atoms with Gasteiger partial charge in [-0.25, -0.2) is 14.8 Å².